The maximum Gasteiger partial charge on any atom is 0.227 e. The number of hydrogen-bond donors (Lipinski definition) is 17. The van der Waals surface area contributed by atoms with Crippen molar-refractivity contribution >= 4 is 5.90 Å². The second-order valence-corrected chi connectivity index (χ2v) is 14.2. The van der Waals surface area contributed by atoms with Crippen LogP contribution < -0.4 is 0 Å². The van der Waals surface area contributed by atoms with Crippen LogP contribution in [0.3, 0.4) is 0 Å². The summed E-state index contributed by atoms with van der Waals surface area (Å²) < 4.78 is 43.9. The zero-order valence-corrected chi connectivity index (χ0v) is 31.0. The molecule has 17 N–H and O–H groups in total. The largest absolute Gasteiger partial charge is 0.450 e. The second-order valence-electron chi connectivity index (χ2n) is 14.2. The van der Waals surface area contributed by atoms with Crippen LogP contribution in [0, 0.1) is 0 Å². The zero-order chi connectivity index (χ0) is 43.2. The van der Waals surface area contributed by atoms with E-state index in [1.165, 1.54) is 6.92 Å². The number of nitrogens with zero attached hydrogens (tertiary/aromatic N) is 1. The highest BCUT2D eigenvalue weighted by atomic mass is 16.8. The number of aliphatic hydroxyl groups is 17. The summed E-state index contributed by atoms with van der Waals surface area (Å²) in [5, 5.41) is 177. The maximum atomic E-state index is 11.5. The lowest BCUT2D eigenvalue weighted by Gasteiger charge is -2.47. The molecule has 4 rings (SSSR count). The smallest absolute Gasteiger partial charge is 0.227 e. The number of hydrogen-bond acceptors (Lipinski definition) is 26. The van der Waals surface area contributed by atoms with Gasteiger partial charge in [0.2, 0.25) is 6.29 Å². The predicted octanol–water partition coefficient (Wildman–Crippen LogP) is -10.5. The molecule has 26 nitrogen and oxygen atoms in total. The van der Waals surface area contributed by atoms with Gasteiger partial charge in [0.1, 0.15) is 97.6 Å². The van der Waals surface area contributed by atoms with Gasteiger partial charge >= 0.3 is 0 Å². The highest BCUT2D eigenvalue weighted by molar-refractivity contribution is 5.75. The molecule has 0 aromatic rings. The molecule has 4 aliphatic rings. The third-order valence-corrected chi connectivity index (χ3v) is 10.2. The summed E-state index contributed by atoms with van der Waals surface area (Å²) in [6.45, 7) is -2.51. The van der Waals surface area contributed by atoms with Crippen LogP contribution >= 0.6 is 0 Å². The molecule has 0 saturated carbocycles. The zero-order valence-electron chi connectivity index (χ0n) is 31.0. The Kier molecular flexibility index (Phi) is 18.7. The van der Waals surface area contributed by atoms with E-state index in [1.54, 1.807) is 0 Å². The monoisotopic (exact) mass is 855 g/mol. The molecule has 8 unspecified atom stereocenters. The summed E-state index contributed by atoms with van der Waals surface area (Å²) in [4.78, 5) is 4.09. The Bertz CT molecular complexity index is 1260. The van der Waals surface area contributed by atoms with Crippen LogP contribution in [-0.2, 0) is 37.9 Å². The highest BCUT2D eigenvalue weighted by Crippen LogP contribution is 2.34. The normalized spacial score (nSPS) is 41.0. The molecule has 0 bridgehead atoms. The first-order valence-corrected chi connectivity index (χ1v) is 18.4. The van der Waals surface area contributed by atoms with E-state index in [4.69, 9.17) is 43.0 Å². The minimum atomic E-state index is -2.46. The molecule has 0 aromatic carbocycles. The molecule has 3 saturated heterocycles. The molecule has 23 atom stereocenters. The van der Waals surface area contributed by atoms with E-state index < -0.39 is 181 Å². The Hall–Kier alpha value is -1.49. The Morgan fingerprint density at radius 2 is 1.19 bits per heavy atom. The number of fused-ring (bicyclic) bond motifs is 1. The van der Waals surface area contributed by atoms with Crippen molar-refractivity contribution in [3.63, 3.8) is 0 Å². The summed E-state index contributed by atoms with van der Waals surface area (Å²) in [6.07, 6.45) is -43.2. The van der Waals surface area contributed by atoms with Gasteiger partial charge in [-0.25, -0.2) is 4.99 Å². The summed E-state index contributed by atoms with van der Waals surface area (Å²) >= 11 is 0. The van der Waals surface area contributed by atoms with Gasteiger partial charge in [-0.15, -0.1) is 0 Å². The third-order valence-electron chi connectivity index (χ3n) is 10.2. The summed E-state index contributed by atoms with van der Waals surface area (Å²) in [5.41, 5.74) is 0. The topological polar surface area (TPSA) is 430 Å². The molecule has 3 fully saturated rings. The van der Waals surface area contributed by atoms with E-state index in [2.05, 4.69) is 4.99 Å². The van der Waals surface area contributed by atoms with Gasteiger partial charge in [-0.05, 0) is 12.8 Å². The molecule has 58 heavy (non-hydrogen) atoms. The summed E-state index contributed by atoms with van der Waals surface area (Å²) in [7, 11) is 0. The number of ether oxygens (including phenoxy) is 8. The van der Waals surface area contributed by atoms with E-state index in [9.17, 15) is 81.7 Å². The van der Waals surface area contributed by atoms with Gasteiger partial charge in [-0.1, -0.05) is 0 Å². The first-order valence-electron chi connectivity index (χ1n) is 18.4. The first-order chi connectivity index (χ1) is 27.4. The van der Waals surface area contributed by atoms with Crippen molar-refractivity contribution < 1.29 is 125 Å². The maximum absolute atomic E-state index is 11.5. The molecule has 0 radical (unpaired) electrons. The van der Waals surface area contributed by atoms with Crippen molar-refractivity contribution in [2.24, 2.45) is 4.99 Å². The molecule has 0 spiro atoms. The molecular formula is C32H57NO25. The van der Waals surface area contributed by atoms with Crippen molar-refractivity contribution in [3.8, 4) is 0 Å². The van der Waals surface area contributed by atoms with Gasteiger partial charge in [-0.3, -0.25) is 0 Å². The Labute approximate surface area is 329 Å². The fourth-order valence-electron chi connectivity index (χ4n) is 6.74. The lowest BCUT2D eigenvalue weighted by Crippen LogP contribution is -2.65. The Morgan fingerprint density at radius 1 is 0.586 bits per heavy atom. The standard InChI is InChI=1S/C32H57NO25/c1-9-33-15-19(43)26(14(8-37)55-30(15)52-9)56-29(50)24(48)25(11(39)3-5-51-28(49)22(46)16(40)10(38)2-4-34)57-32-27(21(45)18(42)13(7-36)54-32)58-31-23(47)20(44)17(41)12(6-35)53-31/h10-32,34-50H,2-8H2,1H3/t10-,11-,12+,13+,14?,15?,16+,17-,18-,19-,20?,21?,22?,23?,24?,25+,26-,27?,28-,29+,30+,31-,32-/m1/s1. The average Bonchev–Trinajstić information content (AvgIpc) is 3.59. The molecule has 0 amide bonds. The number of rotatable bonds is 21. The number of aliphatic hydroxyl groups excluding tert-OH is 17. The molecule has 0 aromatic heterocycles. The van der Waals surface area contributed by atoms with Crippen molar-refractivity contribution in [1.82, 2.24) is 0 Å². The highest BCUT2D eigenvalue weighted by Gasteiger charge is 2.54. The molecule has 0 aliphatic carbocycles. The van der Waals surface area contributed by atoms with Crippen molar-refractivity contribution in [3.05, 3.63) is 0 Å². The van der Waals surface area contributed by atoms with Crippen molar-refractivity contribution in [1.29, 1.82) is 0 Å². The fourth-order valence-corrected chi connectivity index (χ4v) is 6.74. The van der Waals surface area contributed by atoms with Gasteiger partial charge in [-0.2, -0.15) is 0 Å². The SMILES string of the molecule is CC1=NC2[C@@H](O1)OC(CO)[C@@H](O[C@H](O)C(O)[C@@H](O[C@H]1O[C@@H](CO)[C@@H](O)C(O)C1O[C@H]1O[C@@H](CO)[C@@H](O)C(O)C1O)[C@H](O)CCO[C@@H](O)C(O)[C@@H](O)[C@H](O)CCO)[C@@H]2O. The minimum absolute atomic E-state index is 0.126. The van der Waals surface area contributed by atoms with Crippen LogP contribution in [0.5, 0.6) is 0 Å². The quantitative estimate of drug-likeness (QED) is 0.0477. The van der Waals surface area contributed by atoms with E-state index >= 15 is 0 Å². The molecule has 26 heteroatoms. The molecular weight excluding hydrogens is 798 g/mol. The molecule has 4 heterocycles. The lowest BCUT2D eigenvalue weighted by molar-refractivity contribution is -0.380. The number of aliphatic imine (C=N–C) groups is 1. The summed E-state index contributed by atoms with van der Waals surface area (Å²) in [5.74, 6) is 0.126. The Balaban J connectivity index is 1.59. The van der Waals surface area contributed by atoms with E-state index in [0.717, 1.165) is 0 Å². The van der Waals surface area contributed by atoms with Gasteiger partial charge in [0.15, 0.2) is 31.1 Å². The minimum Gasteiger partial charge on any atom is -0.450 e. The molecule has 4 aliphatic heterocycles. The van der Waals surface area contributed by atoms with E-state index in [0.29, 0.717) is 0 Å². The average molecular weight is 856 g/mol. The third kappa shape index (κ3) is 11.3. The molecule has 340 valence electrons. The van der Waals surface area contributed by atoms with E-state index in [1.807, 2.05) is 0 Å². The van der Waals surface area contributed by atoms with Gasteiger partial charge < -0.3 is 125 Å². The predicted molar refractivity (Wildman–Crippen MR) is 180 cm³/mol. The van der Waals surface area contributed by atoms with E-state index in [-0.39, 0.29) is 12.3 Å². The van der Waals surface area contributed by atoms with Crippen molar-refractivity contribution in [2.75, 3.05) is 33.0 Å². The second kappa shape index (κ2) is 22.0. The van der Waals surface area contributed by atoms with Crippen LogP contribution in [0.4, 0.5) is 0 Å². The van der Waals surface area contributed by atoms with Gasteiger partial charge in [0.05, 0.1) is 38.6 Å². The van der Waals surface area contributed by atoms with Crippen LogP contribution in [0.25, 0.3) is 0 Å². The van der Waals surface area contributed by atoms with Gasteiger partial charge in [0.25, 0.3) is 0 Å². The van der Waals surface area contributed by atoms with Crippen LogP contribution in [-0.4, -0.2) is 267 Å². The first kappa shape index (κ1) is 49.2. The lowest BCUT2D eigenvalue weighted by atomic mass is 9.96. The van der Waals surface area contributed by atoms with Crippen LogP contribution in [0.1, 0.15) is 19.8 Å². The van der Waals surface area contributed by atoms with Crippen molar-refractivity contribution in [2.45, 2.75) is 161 Å². The van der Waals surface area contributed by atoms with Gasteiger partial charge in [0, 0.05) is 13.5 Å². The fraction of sp³-hybridized carbons (Fsp3) is 0.969. The van der Waals surface area contributed by atoms with Crippen LogP contribution in [0.15, 0.2) is 4.99 Å². The Morgan fingerprint density at radius 3 is 1.79 bits per heavy atom. The summed E-state index contributed by atoms with van der Waals surface area (Å²) in [6, 6.07) is -1.10. The van der Waals surface area contributed by atoms with Crippen LogP contribution in [0.2, 0.25) is 0 Å².